The van der Waals surface area contributed by atoms with Gasteiger partial charge < -0.3 is 4.74 Å². The maximum atomic E-state index is 11.4. The second kappa shape index (κ2) is 6.70. The van der Waals surface area contributed by atoms with Crippen molar-refractivity contribution in [3.63, 3.8) is 0 Å². The first-order chi connectivity index (χ1) is 10.8. The van der Waals surface area contributed by atoms with Crippen molar-refractivity contribution in [3.8, 4) is 0 Å². The summed E-state index contributed by atoms with van der Waals surface area (Å²) in [4.78, 5) is 11.9. The van der Waals surface area contributed by atoms with Gasteiger partial charge in [-0.15, -0.1) is 11.3 Å². The minimum atomic E-state index is -0.483. The van der Waals surface area contributed by atoms with Crippen LogP contribution in [0.15, 0.2) is 54.6 Å². The molecule has 0 saturated heterocycles. The van der Waals surface area contributed by atoms with E-state index in [0.717, 1.165) is 21.2 Å². The molecule has 0 fully saturated rings. The number of nitrogens with one attached hydrogen (secondary N) is 1. The Bertz CT molecular complexity index is 783. The van der Waals surface area contributed by atoms with Gasteiger partial charge in [-0.25, -0.2) is 5.48 Å². The fourth-order valence-corrected chi connectivity index (χ4v) is 3.21. The van der Waals surface area contributed by atoms with Crippen LogP contribution in [-0.4, -0.2) is 11.1 Å². The van der Waals surface area contributed by atoms with Crippen molar-refractivity contribution in [2.24, 2.45) is 0 Å². The highest BCUT2D eigenvalue weighted by Gasteiger charge is 2.09. The molecule has 22 heavy (non-hydrogen) atoms. The summed E-state index contributed by atoms with van der Waals surface area (Å²) in [6, 6.07) is 17.7. The normalized spacial score (nSPS) is 10.8. The molecule has 0 atom stereocenters. The Balaban J connectivity index is 1.68. The number of hydrogen-bond acceptors (Lipinski definition) is 4. The monoisotopic (exact) mass is 313 g/mol. The predicted molar refractivity (Wildman–Crippen MR) is 86.0 cm³/mol. The van der Waals surface area contributed by atoms with E-state index in [1.54, 1.807) is 11.5 Å². The number of amides is 1. The third-order valence-electron chi connectivity index (χ3n) is 3.29. The van der Waals surface area contributed by atoms with E-state index >= 15 is 0 Å². The lowest BCUT2D eigenvalue weighted by Gasteiger charge is -2.04. The molecule has 112 valence electrons. The molecule has 1 heterocycles. The Labute approximate surface area is 131 Å². The molecule has 1 aromatic heterocycles. The van der Waals surface area contributed by atoms with E-state index in [9.17, 15) is 4.79 Å². The smallest absolute Gasteiger partial charge is 0.284 e. The van der Waals surface area contributed by atoms with Crippen LogP contribution in [0, 0.1) is 0 Å². The van der Waals surface area contributed by atoms with Crippen LogP contribution in [0.5, 0.6) is 0 Å². The number of carbonyl (C=O) groups is 1. The Morgan fingerprint density at radius 3 is 2.59 bits per heavy atom. The van der Waals surface area contributed by atoms with Crippen LogP contribution < -0.4 is 5.48 Å². The molecule has 0 radical (unpaired) electrons. The van der Waals surface area contributed by atoms with Gasteiger partial charge in [-0.05, 0) is 28.6 Å². The average molecular weight is 313 g/mol. The molecule has 0 spiro atoms. The molecule has 0 aliphatic carbocycles. The van der Waals surface area contributed by atoms with Crippen molar-refractivity contribution >= 4 is 27.3 Å². The lowest BCUT2D eigenvalue weighted by atomic mass is 10.2. The van der Waals surface area contributed by atoms with Crippen LogP contribution in [0.4, 0.5) is 0 Å². The first-order valence-corrected chi connectivity index (χ1v) is 7.66. The van der Waals surface area contributed by atoms with Gasteiger partial charge in [-0.1, -0.05) is 42.5 Å². The molecule has 3 rings (SSSR count). The highest BCUT2D eigenvalue weighted by molar-refractivity contribution is 7.20. The van der Waals surface area contributed by atoms with Crippen molar-refractivity contribution in [1.29, 1.82) is 0 Å². The van der Waals surface area contributed by atoms with Crippen LogP contribution in [0.2, 0.25) is 0 Å². The van der Waals surface area contributed by atoms with E-state index in [4.69, 9.17) is 9.94 Å². The minimum Gasteiger partial charge on any atom is -0.372 e. The van der Waals surface area contributed by atoms with Crippen LogP contribution in [0.3, 0.4) is 0 Å². The molecular formula is C17H15NO3S. The van der Waals surface area contributed by atoms with Gasteiger partial charge in [-0.3, -0.25) is 10.0 Å². The molecular weight excluding hydrogens is 298 g/mol. The van der Waals surface area contributed by atoms with E-state index in [1.165, 1.54) is 11.3 Å². The van der Waals surface area contributed by atoms with Crippen molar-refractivity contribution < 1.29 is 14.7 Å². The standard InChI is InChI=1S/C17H15NO3S/c19-17(18-20)16-9-14-7-6-13(8-15(14)22-16)11-21-10-12-4-2-1-3-5-12/h1-9,20H,10-11H2,(H,18,19). The Morgan fingerprint density at radius 1 is 1.05 bits per heavy atom. The number of benzene rings is 2. The fourth-order valence-electron chi connectivity index (χ4n) is 2.19. The lowest BCUT2D eigenvalue weighted by Crippen LogP contribution is -2.16. The zero-order valence-corrected chi connectivity index (χ0v) is 12.6. The molecule has 2 N–H and O–H groups in total. The average Bonchev–Trinajstić information content (AvgIpc) is 2.98. The van der Waals surface area contributed by atoms with Crippen LogP contribution in [0.25, 0.3) is 10.1 Å². The Hall–Kier alpha value is -2.21. The van der Waals surface area contributed by atoms with E-state index in [-0.39, 0.29) is 0 Å². The van der Waals surface area contributed by atoms with Crippen LogP contribution in [-0.2, 0) is 18.0 Å². The second-order valence-electron chi connectivity index (χ2n) is 4.90. The topological polar surface area (TPSA) is 58.6 Å². The summed E-state index contributed by atoms with van der Waals surface area (Å²) in [6.07, 6.45) is 0. The molecule has 3 aromatic rings. The number of ether oxygens (including phenoxy) is 1. The molecule has 0 unspecified atom stereocenters. The third kappa shape index (κ3) is 3.33. The van der Waals surface area contributed by atoms with Gasteiger partial charge in [0.15, 0.2) is 0 Å². The fraction of sp³-hybridized carbons (Fsp3) is 0.118. The Morgan fingerprint density at radius 2 is 1.82 bits per heavy atom. The predicted octanol–water partition coefficient (Wildman–Crippen LogP) is 3.74. The second-order valence-corrected chi connectivity index (χ2v) is 5.99. The Kier molecular flexibility index (Phi) is 4.48. The summed E-state index contributed by atoms with van der Waals surface area (Å²) >= 11 is 1.35. The molecule has 0 aliphatic heterocycles. The highest BCUT2D eigenvalue weighted by atomic mass is 32.1. The maximum Gasteiger partial charge on any atom is 0.284 e. The quantitative estimate of drug-likeness (QED) is 0.557. The number of thiophene rings is 1. The van der Waals surface area contributed by atoms with E-state index < -0.39 is 5.91 Å². The molecule has 4 nitrogen and oxygen atoms in total. The van der Waals surface area contributed by atoms with Gasteiger partial charge in [0.25, 0.3) is 5.91 Å². The summed E-state index contributed by atoms with van der Waals surface area (Å²) in [5.74, 6) is -0.483. The third-order valence-corrected chi connectivity index (χ3v) is 4.39. The van der Waals surface area contributed by atoms with Gasteiger partial charge in [0.1, 0.15) is 0 Å². The number of hydrogen-bond donors (Lipinski definition) is 2. The lowest BCUT2D eigenvalue weighted by molar-refractivity contribution is 0.0711. The van der Waals surface area contributed by atoms with Crippen molar-refractivity contribution in [3.05, 3.63) is 70.6 Å². The first kappa shape index (κ1) is 14.7. The zero-order chi connectivity index (χ0) is 15.4. The van der Waals surface area contributed by atoms with E-state index in [2.05, 4.69) is 0 Å². The van der Waals surface area contributed by atoms with Gasteiger partial charge in [0.05, 0.1) is 18.1 Å². The largest absolute Gasteiger partial charge is 0.372 e. The van der Waals surface area contributed by atoms with Gasteiger partial charge >= 0.3 is 0 Å². The van der Waals surface area contributed by atoms with Gasteiger partial charge in [-0.2, -0.15) is 0 Å². The molecule has 2 aromatic carbocycles. The number of carbonyl (C=O) groups excluding carboxylic acids is 1. The van der Waals surface area contributed by atoms with Crippen LogP contribution in [0.1, 0.15) is 20.8 Å². The summed E-state index contributed by atoms with van der Waals surface area (Å²) in [5.41, 5.74) is 3.85. The van der Waals surface area contributed by atoms with E-state index in [0.29, 0.717) is 18.1 Å². The number of fused-ring (bicyclic) bond motifs is 1. The first-order valence-electron chi connectivity index (χ1n) is 6.85. The zero-order valence-electron chi connectivity index (χ0n) is 11.8. The van der Waals surface area contributed by atoms with Gasteiger partial charge in [0.2, 0.25) is 0 Å². The van der Waals surface area contributed by atoms with Crippen molar-refractivity contribution in [2.75, 3.05) is 0 Å². The summed E-state index contributed by atoms with van der Waals surface area (Å²) in [6.45, 7) is 1.09. The van der Waals surface area contributed by atoms with E-state index in [1.807, 2.05) is 48.5 Å². The number of hydroxylamine groups is 1. The summed E-state index contributed by atoms with van der Waals surface area (Å²) < 4.78 is 6.71. The van der Waals surface area contributed by atoms with Crippen LogP contribution >= 0.6 is 11.3 Å². The van der Waals surface area contributed by atoms with Gasteiger partial charge in [0, 0.05) is 4.70 Å². The SMILES string of the molecule is O=C(NO)c1cc2ccc(COCc3ccccc3)cc2s1. The molecule has 5 heteroatoms. The molecule has 0 aliphatic rings. The van der Waals surface area contributed by atoms with Crippen molar-refractivity contribution in [1.82, 2.24) is 5.48 Å². The highest BCUT2D eigenvalue weighted by Crippen LogP contribution is 2.27. The molecule has 1 amide bonds. The summed E-state index contributed by atoms with van der Waals surface area (Å²) in [5, 5.41) is 9.66. The molecule has 0 saturated carbocycles. The minimum absolute atomic E-state index is 0.483. The van der Waals surface area contributed by atoms with Crippen molar-refractivity contribution in [2.45, 2.75) is 13.2 Å². The maximum absolute atomic E-state index is 11.4. The molecule has 0 bridgehead atoms. The number of rotatable bonds is 5. The summed E-state index contributed by atoms with van der Waals surface area (Å²) in [7, 11) is 0.